The summed E-state index contributed by atoms with van der Waals surface area (Å²) < 4.78 is 14.0. The van der Waals surface area contributed by atoms with Gasteiger partial charge >= 0.3 is 0 Å². The van der Waals surface area contributed by atoms with Crippen LogP contribution in [0.25, 0.3) is 33.3 Å². The number of aromatic amines is 1. The Kier molecular flexibility index (Phi) is 4.52. The van der Waals surface area contributed by atoms with Gasteiger partial charge in [0.05, 0.1) is 28.6 Å². The third-order valence-corrected chi connectivity index (χ3v) is 5.27. The first-order valence-corrected chi connectivity index (χ1v) is 9.73. The standard InChI is InChI=1S/C22H16ClFN6/c1-12(29-22-20-21(26-10-25-20)27-11-28-22)16-9-14-5-3-7-17(23)19(14)30-18(16)13-4-2-6-15(24)8-13/h2-12H,1H3,(H2,25,26,27,28,29)/t12-/m1/s1. The van der Waals surface area contributed by atoms with Gasteiger partial charge in [-0.1, -0.05) is 35.9 Å². The van der Waals surface area contributed by atoms with Gasteiger partial charge in [0.15, 0.2) is 11.5 Å². The number of benzene rings is 2. The summed E-state index contributed by atoms with van der Waals surface area (Å²) >= 11 is 6.38. The van der Waals surface area contributed by atoms with Crippen LogP contribution in [-0.2, 0) is 0 Å². The Morgan fingerprint density at radius 1 is 1.07 bits per heavy atom. The van der Waals surface area contributed by atoms with Gasteiger partial charge < -0.3 is 10.3 Å². The Morgan fingerprint density at radius 3 is 2.80 bits per heavy atom. The van der Waals surface area contributed by atoms with Crippen LogP contribution in [0.5, 0.6) is 0 Å². The van der Waals surface area contributed by atoms with Crippen molar-refractivity contribution in [1.29, 1.82) is 0 Å². The number of hydrogen-bond acceptors (Lipinski definition) is 5. The minimum absolute atomic E-state index is 0.194. The number of aromatic nitrogens is 5. The molecule has 1 atom stereocenters. The molecule has 0 saturated carbocycles. The molecule has 0 saturated heterocycles. The highest BCUT2D eigenvalue weighted by Gasteiger charge is 2.18. The van der Waals surface area contributed by atoms with Crippen LogP contribution in [-0.4, -0.2) is 24.9 Å². The predicted octanol–water partition coefficient (Wildman–Crippen LogP) is 5.53. The Bertz CT molecular complexity index is 1380. The van der Waals surface area contributed by atoms with E-state index in [1.165, 1.54) is 18.5 Å². The summed E-state index contributed by atoms with van der Waals surface area (Å²) in [6.45, 7) is 2.00. The van der Waals surface area contributed by atoms with E-state index < -0.39 is 0 Å². The number of halogens is 2. The molecule has 3 aromatic heterocycles. The fraction of sp³-hybridized carbons (Fsp3) is 0.0909. The normalized spacial score (nSPS) is 12.4. The van der Waals surface area contributed by atoms with Gasteiger partial charge in [-0.15, -0.1) is 0 Å². The van der Waals surface area contributed by atoms with Crippen molar-refractivity contribution in [3.8, 4) is 11.3 Å². The smallest absolute Gasteiger partial charge is 0.182 e. The summed E-state index contributed by atoms with van der Waals surface area (Å²) in [7, 11) is 0. The third-order valence-electron chi connectivity index (χ3n) is 4.97. The Hall–Kier alpha value is -3.58. The van der Waals surface area contributed by atoms with Gasteiger partial charge in [-0.25, -0.2) is 24.3 Å². The topological polar surface area (TPSA) is 79.4 Å². The van der Waals surface area contributed by atoms with Crippen molar-refractivity contribution in [3.05, 3.63) is 77.6 Å². The van der Waals surface area contributed by atoms with Gasteiger partial charge in [0.1, 0.15) is 17.7 Å². The lowest BCUT2D eigenvalue weighted by atomic mass is 9.98. The largest absolute Gasteiger partial charge is 0.362 e. The van der Waals surface area contributed by atoms with Gasteiger partial charge in [-0.2, -0.15) is 0 Å². The fourth-order valence-electron chi connectivity index (χ4n) is 3.53. The summed E-state index contributed by atoms with van der Waals surface area (Å²) in [5.41, 5.74) is 4.19. The molecular formula is C22H16ClFN6. The third kappa shape index (κ3) is 3.23. The highest BCUT2D eigenvalue weighted by molar-refractivity contribution is 6.35. The van der Waals surface area contributed by atoms with E-state index >= 15 is 0 Å². The van der Waals surface area contributed by atoms with Crippen LogP contribution < -0.4 is 5.32 Å². The number of nitrogens with one attached hydrogen (secondary N) is 2. The molecule has 0 fully saturated rings. The molecule has 2 N–H and O–H groups in total. The number of fused-ring (bicyclic) bond motifs is 2. The summed E-state index contributed by atoms with van der Waals surface area (Å²) in [4.78, 5) is 20.5. The zero-order valence-electron chi connectivity index (χ0n) is 15.9. The molecule has 2 aromatic carbocycles. The van der Waals surface area contributed by atoms with Crippen LogP contribution in [0, 0.1) is 5.82 Å². The predicted molar refractivity (Wildman–Crippen MR) is 116 cm³/mol. The van der Waals surface area contributed by atoms with Gasteiger partial charge in [-0.3, -0.25) is 0 Å². The molecule has 8 heteroatoms. The van der Waals surface area contributed by atoms with Crippen molar-refractivity contribution in [2.24, 2.45) is 0 Å². The van der Waals surface area contributed by atoms with Crippen molar-refractivity contribution >= 4 is 39.5 Å². The van der Waals surface area contributed by atoms with E-state index in [0.29, 0.717) is 38.8 Å². The lowest BCUT2D eigenvalue weighted by Crippen LogP contribution is -2.11. The Morgan fingerprint density at radius 2 is 1.93 bits per heavy atom. The maximum atomic E-state index is 14.0. The molecule has 0 bridgehead atoms. The first kappa shape index (κ1) is 18.4. The molecule has 6 nitrogen and oxygen atoms in total. The molecule has 3 heterocycles. The van der Waals surface area contributed by atoms with E-state index in [1.54, 1.807) is 18.5 Å². The van der Waals surface area contributed by atoms with E-state index in [9.17, 15) is 4.39 Å². The molecule has 30 heavy (non-hydrogen) atoms. The molecule has 0 amide bonds. The Balaban J connectivity index is 1.66. The monoisotopic (exact) mass is 418 g/mol. The zero-order valence-corrected chi connectivity index (χ0v) is 16.7. The van der Waals surface area contributed by atoms with Crippen molar-refractivity contribution < 1.29 is 4.39 Å². The Labute approximate surface area is 176 Å². The SMILES string of the molecule is C[C@@H](Nc1ncnc2nc[nH]c12)c1cc2cccc(Cl)c2nc1-c1cccc(F)c1. The number of imidazole rings is 1. The minimum Gasteiger partial charge on any atom is -0.362 e. The number of hydrogen-bond donors (Lipinski definition) is 2. The second-order valence-electron chi connectivity index (χ2n) is 6.94. The summed E-state index contributed by atoms with van der Waals surface area (Å²) in [6, 6.07) is 13.9. The van der Waals surface area contributed by atoms with Gasteiger partial charge in [-0.05, 0) is 31.2 Å². The lowest BCUT2D eigenvalue weighted by Gasteiger charge is -2.19. The van der Waals surface area contributed by atoms with Crippen LogP contribution in [0.4, 0.5) is 10.2 Å². The van der Waals surface area contributed by atoms with Gasteiger partial charge in [0.2, 0.25) is 0 Å². The van der Waals surface area contributed by atoms with E-state index in [2.05, 4.69) is 25.3 Å². The number of rotatable bonds is 4. The van der Waals surface area contributed by atoms with E-state index in [0.717, 1.165) is 10.9 Å². The van der Waals surface area contributed by atoms with Gasteiger partial charge in [0, 0.05) is 16.5 Å². The summed E-state index contributed by atoms with van der Waals surface area (Å²) in [6.07, 6.45) is 3.04. The fourth-order valence-corrected chi connectivity index (χ4v) is 3.76. The number of para-hydroxylation sites is 1. The molecule has 0 radical (unpaired) electrons. The molecule has 5 aromatic rings. The molecule has 0 spiro atoms. The second-order valence-corrected chi connectivity index (χ2v) is 7.34. The lowest BCUT2D eigenvalue weighted by molar-refractivity contribution is 0.628. The number of H-pyrrole nitrogens is 1. The molecule has 0 aliphatic heterocycles. The van der Waals surface area contributed by atoms with Crippen LogP contribution >= 0.6 is 11.6 Å². The molecule has 0 aliphatic rings. The molecular weight excluding hydrogens is 403 g/mol. The van der Waals surface area contributed by atoms with E-state index in [-0.39, 0.29) is 11.9 Å². The maximum absolute atomic E-state index is 14.0. The maximum Gasteiger partial charge on any atom is 0.182 e. The quantitative estimate of drug-likeness (QED) is 0.401. The summed E-state index contributed by atoms with van der Waals surface area (Å²) in [5.74, 6) is 0.302. The first-order chi connectivity index (χ1) is 14.6. The molecule has 5 rings (SSSR count). The van der Waals surface area contributed by atoms with Crippen molar-refractivity contribution in [2.75, 3.05) is 5.32 Å². The highest BCUT2D eigenvalue weighted by atomic mass is 35.5. The number of nitrogens with zero attached hydrogens (tertiary/aromatic N) is 4. The van der Waals surface area contributed by atoms with Crippen molar-refractivity contribution in [1.82, 2.24) is 24.9 Å². The first-order valence-electron chi connectivity index (χ1n) is 9.36. The molecule has 0 aliphatic carbocycles. The molecule has 148 valence electrons. The number of anilines is 1. The summed E-state index contributed by atoms with van der Waals surface area (Å²) in [5, 5.41) is 4.85. The number of pyridine rings is 1. The van der Waals surface area contributed by atoms with Crippen LogP contribution in [0.3, 0.4) is 0 Å². The average Bonchev–Trinajstić information content (AvgIpc) is 3.23. The zero-order chi connectivity index (χ0) is 20.7. The van der Waals surface area contributed by atoms with Crippen molar-refractivity contribution in [3.63, 3.8) is 0 Å². The van der Waals surface area contributed by atoms with Crippen LogP contribution in [0.2, 0.25) is 5.02 Å². The van der Waals surface area contributed by atoms with Crippen LogP contribution in [0.1, 0.15) is 18.5 Å². The minimum atomic E-state index is -0.324. The average molecular weight is 419 g/mol. The van der Waals surface area contributed by atoms with Crippen molar-refractivity contribution in [2.45, 2.75) is 13.0 Å². The molecule has 0 unspecified atom stereocenters. The highest BCUT2D eigenvalue weighted by Crippen LogP contribution is 2.34. The van der Waals surface area contributed by atoms with E-state index in [4.69, 9.17) is 16.6 Å². The van der Waals surface area contributed by atoms with Gasteiger partial charge in [0.25, 0.3) is 0 Å². The second kappa shape index (κ2) is 7.35. The van der Waals surface area contributed by atoms with E-state index in [1.807, 2.05) is 31.2 Å². The van der Waals surface area contributed by atoms with Crippen LogP contribution in [0.15, 0.2) is 61.2 Å².